The van der Waals surface area contributed by atoms with Gasteiger partial charge in [0.2, 0.25) is 0 Å². The van der Waals surface area contributed by atoms with Crippen molar-refractivity contribution in [3.63, 3.8) is 0 Å². The number of pyridine rings is 2. The van der Waals surface area contributed by atoms with Gasteiger partial charge in [0.15, 0.2) is 11.5 Å². The predicted octanol–water partition coefficient (Wildman–Crippen LogP) is 7.56. The molecule has 1 saturated carbocycles. The highest BCUT2D eigenvalue weighted by Crippen LogP contribution is 2.34. The van der Waals surface area contributed by atoms with Crippen molar-refractivity contribution in [2.75, 3.05) is 26.2 Å². The molecule has 5 heterocycles. The van der Waals surface area contributed by atoms with Crippen LogP contribution in [0, 0.1) is 5.82 Å². The number of benzene rings is 2. The third kappa shape index (κ3) is 5.92. The van der Waals surface area contributed by atoms with Gasteiger partial charge in [0.05, 0.1) is 34.5 Å². The van der Waals surface area contributed by atoms with Crippen LogP contribution in [0.15, 0.2) is 67.0 Å². The molecule has 0 atom stereocenters. The van der Waals surface area contributed by atoms with E-state index < -0.39 is 0 Å². The summed E-state index contributed by atoms with van der Waals surface area (Å²) in [5.41, 5.74) is 6.77. The van der Waals surface area contributed by atoms with Gasteiger partial charge in [-0.3, -0.25) is 15.0 Å². The Morgan fingerprint density at radius 1 is 0.826 bits per heavy atom. The lowest BCUT2D eigenvalue weighted by molar-refractivity contribution is 0.154. The fourth-order valence-corrected chi connectivity index (χ4v) is 6.70. The lowest BCUT2D eigenvalue weighted by Gasteiger charge is -2.22. The van der Waals surface area contributed by atoms with Crippen molar-refractivity contribution < 1.29 is 13.9 Å². The van der Waals surface area contributed by atoms with Crippen LogP contribution in [0.5, 0.6) is 11.5 Å². The summed E-state index contributed by atoms with van der Waals surface area (Å²) in [6.07, 6.45) is 12.1. The summed E-state index contributed by atoms with van der Waals surface area (Å²) in [5.74, 6) is 1.50. The van der Waals surface area contributed by atoms with Crippen molar-refractivity contribution in [3.8, 4) is 45.4 Å². The first-order valence-corrected chi connectivity index (χ1v) is 16.3. The molecular weight excluding hydrogens is 581 g/mol. The highest BCUT2D eigenvalue weighted by molar-refractivity contribution is 5.96. The van der Waals surface area contributed by atoms with Crippen molar-refractivity contribution in [2.24, 2.45) is 0 Å². The van der Waals surface area contributed by atoms with Gasteiger partial charge in [-0.15, -0.1) is 0 Å². The van der Waals surface area contributed by atoms with Crippen LogP contribution in [0.1, 0.15) is 44.9 Å². The van der Waals surface area contributed by atoms with Gasteiger partial charge in [0.25, 0.3) is 0 Å². The Labute approximate surface area is 266 Å². The fourth-order valence-electron chi connectivity index (χ4n) is 6.70. The van der Waals surface area contributed by atoms with Crippen LogP contribution in [0.3, 0.4) is 0 Å². The minimum atomic E-state index is -0.348. The number of nitrogens with one attached hydrogen (secondary N) is 2. The zero-order valence-electron chi connectivity index (χ0n) is 25.6. The lowest BCUT2D eigenvalue weighted by atomic mass is 9.98. The van der Waals surface area contributed by atoms with E-state index in [-0.39, 0.29) is 11.9 Å². The number of halogens is 1. The fraction of sp³-hybridized carbons (Fsp3) is 0.333. The summed E-state index contributed by atoms with van der Waals surface area (Å²) in [5, 5.41) is 7.68. The van der Waals surface area contributed by atoms with Gasteiger partial charge in [-0.05, 0) is 93.6 Å². The maximum atomic E-state index is 14.8. The molecule has 234 valence electrons. The zero-order valence-corrected chi connectivity index (χ0v) is 25.6. The number of aromatic nitrogens is 6. The van der Waals surface area contributed by atoms with Gasteiger partial charge >= 0.3 is 0 Å². The molecule has 0 unspecified atom stereocenters. The molecule has 1 aliphatic carbocycles. The topological polar surface area (TPSA) is 105 Å². The third-order valence-corrected chi connectivity index (χ3v) is 9.07. The molecule has 1 aliphatic heterocycles. The van der Waals surface area contributed by atoms with E-state index in [1.54, 1.807) is 12.4 Å². The summed E-state index contributed by atoms with van der Waals surface area (Å²) in [6, 6.07) is 16.6. The zero-order chi connectivity index (χ0) is 30.9. The average Bonchev–Trinajstić information content (AvgIpc) is 3.85. The summed E-state index contributed by atoms with van der Waals surface area (Å²) < 4.78 is 27.1. The summed E-state index contributed by atoms with van der Waals surface area (Å²) in [7, 11) is 0. The molecule has 2 aromatic carbocycles. The molecule has 0 bridgehead atoms. The molecule has 2 N–H and O–H groups in total. The SMILES string of the molecule is Fc1cc(OCCN2CCCC2)cc(-c2cccc3[nH]c(-c4n[nH]c5ccc(-c6cncc(OC7CCCCC7)c6)nc45)nc23)c1. The number of rotatable bonds is 9. The minimum Gasteiger partial charge on any atom is -0.492 e. The minimum absolute atomic E-state index is 0.242. The molecule has 46 heavy (non-hydrogen) atoms. The van der Waals surface area contributed by atoms with Gasteiger partial charge in [0, 0.05) is 29.9 Å². The number of fused-ring (bicyclic) bond motifs is 2. The molecule has 4 aromatic heterocycles. The van der Waals surface area contributed by atoms with Gasteiger partial charge in [0.1, 0.15) is 29.4 Å². The highest BCUT2D eigenvalue weighted by atomic mass is 19.1. The largest absolute Gasteiger partial charge is 0.492 e. The number of hydrogen-bond donors (Lipinski definition) is 2. The van der Waals surface area contributed by atoms with Crippen molar-refractivity contribution in [3.05, 3.63) is 72.8 Å². The summed E-state index contributed by atoms with van der Waals surface area (Å²) >= 11 is 0. The van der Waals surface area contributed by atoms with E-state index in [1.165, 1.54) is 44.2 Å². The quantitative estimate of drug-likeness (QED) is 0.173. The van der Waals surface area contributed by atoms with Crippen LogP contribution in [0.2, 0.25) is 0 Å². The number of H-pyrrole nitrogens is 2. The van der Waals surface area contributed by atoms with E-state index in [4.69, 9.17) is 19.4 Å². The number of ether oxygens (including phenoxy) is 2. The van der Waals surface area contributed by atoms with Crippen LogP contribution in [0.25, 0.3) is 56.0 Å². The second kappa shape index (κ2) is 12.5. The highest BCUT2D eigenvalue weighted by Gasteiger charge is 2.19. The number of imidazole rings is 1. The standard InChI is InChI=1S/C36H36FN7O2/c37-25-17-23(18-27(20-25)45-16-15-44-13-4-5-14-44)29-9-6-10-31-33(29)41-36(40-31)35-34-32(42-43-35)12-11-30(39-34)24-19-28(22-38-21-24)46-26-7-2-1-3-8-26/h6,9-12,17-22,26H,1-5,7-8,13-16H2,(H,40,41)(H,42,43). The molecule has 2 aliphatic rings. The second-order valence-electron chi connectivity index (χ2n) is 12.3. The van der Waals surface area contributed by atoms with Crippen LogP contribution >= 0.6 is 0 Å². The van der Waals surface area contributed by atoms with E-state index in [2.05, 4.69) is 25.1 Å². The number of nitrogens with zero attached hydrogens (tertiary/aromatic N) is 5. The monoisotopic (exact) mass is 617 g/mol. The van der Waals surface area contributed by atoms with Crippen molar-refractivity contribution >= 4 is 22.1 Å². The van der Waals surface area contributed by atoms with Crippen LogP contribution in [0.4, 0.5) is 4.39 Å². The third-order valence-electron chi connectivity index (χ3n) is 9.07. The molecule has 2 fully saturated rings. The predicted molar refractivity (Wildman–Crippen MR) is 176 cm³/mol. The van der Waals surface area contributed by atoms with Gasteiger partial charge in [-0.1, -0.05) is 18.6 Å². The van der Waals surface area contributed by atoms with Crippen LogP contribution in [-0.2, 0) is 0 Å². The smallest absolute Gasteiger partial charge is 0.161 e. The Hall–Kier alpha value is -4.83. The summed E-state index contributed by atoms with van der Waals surface area (Å²) in [4.78, 5) is 20.2. The second-order valence-corrected chi connectivity index (χ2v) is 12.3. The molecule has 8 rings (SSSR count). The number of para-hydroxylation sites is 1. The number of hydrogen-bond acceptors (Lipinski definition) is 7. The van der Waals surface area contributed by atoms with Crippen molar-refractivity contribution in [1.82, 2.24) is 35.0 Å². The van der Waals surface area contributed by atoms with E-state index in [1.807, 2.05) is 42.5 Å². The molecule has 0 spiro atoms. The van der Waals surface area contributed by atoms with Crippen molar-refractivity contribution in [1.29, 1.82) is 0 Å². The molecule has 10 heteroatoms. The van der Waals surface area contributed by atoms with Crippen LogP contribution < -0.4 is 9.47 Å². The van der Waals surface area contributed by atoms with E-state index in [9.17, 15) is 4.39 Å². The maximum absolute atomic E-state index is 14.8. The maximum Gasteiger partial charge on any atom is 0.161 e. The molecular formula is C36H36FN7O2. The van der Waals surface area contributed by atoms with Gasteiger partial charge in [-0.2, -0.15) is 5.10 Å². The molecule has 1 saturated heterocycles. The average molecular weight is 618 g/mol. The first kappa shape index (κ1) is 28.6. The van der Waals surface area contributed by atoms with E-state index in [0.717, 1.165) is 71.6 Å². The Kier molecular flexibility index (Phi) is 7.79. The van der Waals surface area contributed by atoms with Crippen molar-refractivity contribution in [2.45, 2.75) is 51.0 Å². The first-order chi connectivity index (χ1) is 22.7. The molecule has 0 radical (unpaired) electrons. The van der Waals surface area contributed by atoms with Gasteiger partial charge < -0.3 is 14.5 Å². The van der Waals surface area contributed by atoms with Gasteiger partial charge in [-0.25, -0.2) is 14.4 Å². The molecule has 0 amide bonds. The number of likely N-dealkylation sites (tertiary alicyclic amines) is 1. The molecule has 6 aromatic rings. The Morgan fingerprint density at radius 2 is 1.70 bits per heavy atom. The van der Waals surface area contributed by atoms with E-state index in [0.29, 0.717) is 35.0 Å². The molecule has 9 nitrogen and oxygen atoms in total. The van der Waals surface area contributed by atoms with Crippen LogP contribution in [-0.4, -0.2) is 67.4 Å². The normalized spacial score (nSPS) is 16.0. The number of aromatic amines is 2. The lowest BCUT2D eigenvalue weighted by Crippen LogP contribution is -2.25. The Morgan fingerprint density at radius 3 is 2.59 bits per heavy atom. The summed E-state index contributed by atoms with van der Waals surface area (Å²) in [6.45, 7) is 3.56. The Bertz CT molecular complexity index is 1990. The first-order valence-electron chi connectivity index (χ1n) is 16.3. The Balaban J connectivity index is 1.08. The van der Waals surface area contributed by atoms with E-state index >= 15 is 0 Å².